The van der Waals surface area contributed by atoms with E-state index in [0.717, 1.165) is 24.7 Å². The number of benzene rings is 2. The number of hydrogen-bond donors (Lipinski definition) is 1. The van der Waals surface area contributed by atoms with Gasteiger partial charge in [0.05, 0.1) is 18.8 Å². The van der Waals surface area contributed by atoms with E-state index in [0.29, 0.717) is 63.2 Å². The molecule has 8 heteroatoms. The summed E-state index contributed by atoms with van der Waals surface area (Å²) in [7, 11) is 0. The van der Waals surface area contributed by atoms with E-state index in [2.05, 4.69) is 10.2 Å². The van der Waals surface area contributed by atoms with Crippen molar-refractivity contribution < 1.29 is 23.1 Å². The van der Waals surface area contributed by atoms with Gasteiger partial charge in [-0.25, -0.2) is 8.78 Å². The van der Waals surface area contributed by atoms with Gasteiger partial charge in [0.25, 0.3) is 5.91 Å². The number of rotatable bonds is 4. The minimum Gasteiger partial charge on any atom is -0.379 e. The first-order chi connectivity index (χ1) is 16.4. The monoisotopic (exact) mass is 469 g/mol. The zero-order chi connectivity index (χ0) is 23.7. The van der Waals surface area contributed by atoms with Crippen LogP contribution in [0.25, 0.3) is 0 Å². The summed E-state index contributed by atoms with van der Waals surface area (Å²) in [5.41, 5.74) is 1.50. The third kappa shape index (κ3) is 4.44. The van der Waals surface area contributed by atoms with Crippen LogP contribution in [-0.4, -0.2) is 66.5 Å². The molecule has 1 spiro atoms. The Morgan fingerprint density at radius 3 is 2.68 bits per heavy atom. The number of carbonyl (C=O) groups is 2. The number of hydrogen-bond acceptors (Lipinski definition) is 4. The Kier molecular flexibility index (Phi) is 6.36. The Hall–Kier alpha value is -2.84. The van der Waals surface area contributed by atoms with E-state index in [1.165, 1.54) is 6.07 Å². The molecule has 1 N–H and O–H groups in total. The van der Waals surface area contributed by atoms with Crippen LogP contribution < -0.4 is 5.32 Å². The average molecular weight is 470 g/mol. The Labute approximate surface area is 197 Å². The van der Waals surface area contributed by atoms with Gasteiger partial charge in [-0.2, -0.15) is 0 Å². The number of morpholine rings is 1. The van der Waals surface area contributed by atoms with E-state index < -0.39 is 17.2 Å². The summed E-state index contributed by atoms with van der Waals surface area (Å²) in [4.78, 5) is 30.2. The SMILES string of the molecule is O=C1CCC[C@]2(CN(C(=O)c3ccccc3CN3CCOCC3)C[C@H]2c2ccc(F)c(F)c2)N1. The second kappa shape index (κ2) is 9.43. The van der Waals surface area contributed by atoms with Crippen LogP contribution in [0.15, 0.2) is 42.5 Å². The smallest absolute Gasteiger partial charge is 0.254 e. The molecule has 2 atom stereocenters. The fraction of sp³-hybridized carbons (Fsp3) is 0.462. The molecule has 0 aliphatic carbocycles. The molecule has 3 saturated heterocycles. The fourth-order valence-electron chi connectivity index (χ4n) is 5.60. The Bertz CT molecular complexity index is 1090. The van der Waals surface area contributed by atoms with Gasteiger partial charge in [-0.05, 0) is 42.2 Å². The molecule has 3 aliphatic heterocycles. The van der Waals surface area contributed by atoms with Gasteiger partial charge in [0, 0.05) is 50.6 Å². The van der Waals surface area contributed by atoms with Crippen LogP contribution in [0.4, 0.5) is 8.78 Å². The largest absolute Gasteiger partial charge is 0.379 e. The van der Waals surface area contributed by atoms with Crippen molar-refractivity contribution in [2.45, 2.75) is 37.3 Å². The predicted octanol–water partition coefficient (Wildman–Crippen LogP) is 3.08. The topological polar surface area (TPSA) is 61.9 Å². The lowest BCUT2D eigenvalue weighted by atomic mass is 9.76. The van der Waals surface area contributed by atoms with E-state index in [1.807, 2.05) is 24.3 Å². The summed E-state index contributed by atoms with van der Waals surface area (Å²) in [6.45, 7) is 4.33. The Morgan fingerprint density at radius 1 is 1.12 bits per heavy atom. The van der Waals surface area contributed by atoms with Gasteiger partial charge < -0.3 is 15.0 Å². The first-order valence-electron chi connectivity index (χ1n) is 11.9. The van der Waals surface area contributed by atoms with Crippen molar-refractivity contribution >= 4 is 11.8 Å². The lowest BCUT2D eigenvalue weighted by Gasteiger charge is -2.39. The van der Waals surface area contributed by atoms with Crippen molar-refractivity contribution in [1.29, 1.82) is 0 Å². The molecule has 34 heavy (non-hydrogen) atoms. The molecule has 0 saturated carbocycles. The molecule has 0 unspecified atom stereocenters. The lowest BCUT2D eigenvalue weighted by molar-refractivity contribution is -0.125. The van der Waals surface area contributed by atoms with E-state index >= 15 is 0 Å². The van der Waals surface area contributed by atoms with Crippen molar-refractivity contribution in [3.8, 4) is 0 Å². The van der Waals surface area contributed by atoms with Crippen molar-refractivity contribution in [2.75, 3.05) is 39.4 Å². The minimum absolute atomic E-state index is 0.0687. The number of piperidine rings is 1. The maximum absolute atomic E-state index is 14.1. The van der Waals surface area contributed by atoms with E-state index in [-0.39, 0.29) is 17.7 Å². The third-order valence-electron chi connectivity index (χ3n) is 7.34. The zero-order valence-corrected chi connectivity index (χ0v) is 19.1. The van der Waals surface area contributed by atoms with Crippen molar-refractivity contribution in [3.63, 3.8) is 0 Å². The van der Waals surface area contributed by atoms with Crippen LogP contribution in [-0.2, 0) is 16.1 Å². The van der Waals surface area contributed by atoms with Crippen LogP contribution in [0, 0.1) is 11.6 Å². The van der Waals surface area contributed by atoms with Crippen LogP contribution in [0.3, 0.4) is 0 Å². The summed E-state index contributed by atoms with van der Waals surface area (Å²) in [6.07, 6.45) is 1.81. The van der Waals surface area contributed by atoms with Crippen LogP contribution in [0.2, 0.25) is 0 Å². The van der Waals surface area contributed by atoms with Gasteiger partial charge in [0.1, 0.15) is 0 Å². The summed E-state index contributed by atoms with van der Waals surface area (Å²) < 4.78 is 33.2. The number of carbonyl (C=O) groups excluding carboxylic acids is 2. The van der Waals surface area contributed by atoms with Gasteiger partial charge in [-0.3, -0.25) is 14.5 Å². The van der Waals surface area contributed by atoms with Gasteiger partial charge in [0.2, 0.25) is 5.91 Å². The zero-order valence-electron chi connectivity index (χ0n) is 19.1. The highest BCUT2D eigenvalue weighted by molar-refractivity contribution is 5.96. The maximum Gasteiger partial charge on any atom is 0.254 e. The second-order valence-electron chi connectivity index (χ2n) is 9.52. The summed E-state index contributed by atoms with van der Waals surface area (Å²) in [6, 6.07) is 11.5. The number of ether oxygens (including phenoxy) is 1. The number of halogens is 2. The van der Waals surface area contributed by atoms with E-state index in [1.54, 1.807) is 11.0 Å². The molecule has 5 rings (SSSR count). The van der Waals surface area contributed by atoms with Crippen molar-refractivity contribution in [1.82, 2.24) is 15.1 Å². The fourth-order valence-corrected chi connectivity index (χ4v) is 5.60. The minimum atomic E-state index is -0.921. The van der Waals surface area contributed by atoms with Crippen molar-refractivity contribution in [2.24, 2.45) is 0 Å². The first kappa shape index (κ1) is 22.9. The number of nitrogens with one attached hydrogen (secondary N) is 1. The standard InChI is InChI=1S/C26H29F2N3O3/c27-22-8-7-18(14-23(22)28)21-16-31(17-26(21)9-3-6-24(32)29-26)25(33)20-5-2-1-4-19(20)15-30-10-12-34-13-11-30/h1-2,4-5,7-8,14,21H,3,6,9-13,15-17H2,(H,29,32)/t21-,26+/m0/s1. The highest BCUT2D eigenvalue weighted by Gasteiger charge is 2.51. The lowest BCUT2D eigenvalue weighted by Crippen LogP contribution is -2.56. The predicted molar refractivity (Wildman–Crippen MR) is 122 cm³/mol. The van der Waals surface area contributed by atoms with Crippen molar-refractivity contribution in [3.05, 3.63) is 70.8 Å². The molecule has 0 aromatic heterocycles. The molecule has 2 aromatic rings. The summed E-state index contributed by atoms with van der Waals surface area (Å²) >= 11 is 0. The van der Waals surface area contributed by atoms with E-state index in [4.69, 9.17) is 4.74 Å². The quantitative estimate of drug-likeness (QED) is 0.748. The molecular weight excluding hydrogens is 440 g/mol. The number of nitrogens with zero attached hydrogens (tertiary/aromatic N) is 2. The van der Waals surface area contributed by atoms with Gasteiger partial charge >= 0.3 is 0 Å². The number of likely N-dealkylation sites (tertiary alicyclic amines) is 1. The molecule has 6 nitrogen and oxygen atoms in total. The molecule has 2 aromatic carbocycles. The highest BCUT2D eigenvalue weighted by atomic mass is 19.2. The molecule has 3 aliphatic rings. The Balaban J connectivity index is 1.44. The molecule has 3 fully saturated rings. The molecule has 0 bridgehead atoms. The first-order valence-corrected chi connectivity index (χ1v) is 11.9. The maximum atomic E-state index is 14.1. The van der Waals surface area contributed by atoms with Crippen LogP contribution in [0.5, 0.6) is 0 Å². The molecule has 3 heterocycles. The normalized spacial score (nSPS) is 25.5. The van der Waals surface area contributed by atoms with Gasteiger partial charge in [-0.15, -0.1) is 0 Å². The summed E-state index contributed by atoms with van der Waals surface area (Å²) in [5.74, 6) is -2.32. The molecule has 180 valence electrons. The molecular formula is C26H29F2N3O3. The second-order valence-corrected chi connectivity index (χ2v) is 9.52. The summed E-state index contributed by atoms with van der Waals surface area (Å²) in [5, 5.41) is 3.12. The van der Waals surface area contributed by atoms with Gasteiger partial charge in [-0.1, -0.05) is 24.3 Å². The average Bonchev–Trinajstić information content (AvgIpc) is 3.19. The van der Waals surface area contributed by atoms with E-state index in [9.17, 15) is 18.4 Å². The van der Waals surface area contributed by atoms with Gasteiger partial charge in [0.15, 0.2) is 11.6 Å². The highest BCUT2D eigenvalue weighted by Crippen LogP contribution is 2.42. The third-order valence-corrected chi connectivity index (χ3v) is 7.34. The van der Waals surface area contributed by atoms with Crippen LogP contribution >= 0.6 is 0 Å². The Morgan fingerprint density at radius 2 is 1.91 bits per heavy atom. The number of amides is 2. The molecule has 0 radical (unpaired) electrons. The van der Waals surface area contributed by atoms with Crippen LogP contribution in [0.1, 0.15) is 46.7 Å². The molecule has 2 amide bonds.